The fourth-order valence-corrected chi connectivity index (χ4v) is 5.62. The lowest BCUT2D eigenvalue weighted by atomic mass is 9.61. The van der Waals surface area contributed by atoms with Gasteiger partial charge in [0.15, 0.2) is 0 Å². The number of benzene rings is 1. The van der Waals surface area contributed by atoms with Crippen molar-refractivity contribution in [3.63, 3.8) is 0 Å². The van der Waals surface area contributed by atoms with Gasteiger partial charge in [0.2, 0.25) is 0 Å². The number of anilines is 1. The van der Waals surface area contributed by atoms with Crippen molar-refractivity contribution < 1.29 is 27.4 Å². The van der Waals surface area contributed by atoms with Gasteiger partial charge >= 0.3 is 12.4 Å². The summed E-state index contributed by atoms with van der Waals surface area (Å²) in [5, 5.41) is 11.5. The molecular weight excluding hydrogens is 475 g/mol. The number of hydrogen-bond acceptors (Lipinski definition) is 5. The number of hydrogen-bond donors (Lipinski definition) is 1. The minimum atomic E-state index is -4.70. The van der Waals surface area contributed by atoms with Gasteiger partial charge in [0, 0.05) is 11.7 Å². The molecule has 4 rings (SSSR count). The predicted octanol–water partition coefficient (Wildman–Crippen LogP) is 5.03. The fourth-order valence-electron chi connectivity index (χ4n) is 5.42. The Morgan fingerprint density at radius 1 is 1.29 bits per heavy atom. The summed E-state index contributed by atoms with van der Waals surface area (Å²) in [6, 6.07) is 4.81. The van der Waals surface area contributed by atoms with Crippen LogP contribution >= 0.6 is 11.6 Å². The van der Waals surface area contributed by atoms with Crippen LogP contribution in [0.2, 0.25) is 5.02 Å². The van der Waals surface area contributed by atoms with Crippen LogP contribution in [0.4, 0.5) is 23.7 Å². The van der Waals surface area contributed by atoms with Crippen LogP contribution in [0.1, 0.15) is 39.5 Å². The summed E-state index contributed by atoms with van der Waals surface area (Å²) >= 11 is 6.27. The zero-order chi connectivity index (χ0) is 24.5. The van der Waals surface area contributed by atoms with Crippen molar-refractivity contribution in [2.45, 2.75) is 63.6 Å². The van der Waals surface area contributed by atoms with Crippen molar-refractivity contribution in [2.24, 2.45) is 5.92 Å². The van der Waals surface area contributed by atoms with Crippen LogP contribution < -0.4 is 5.32 Å². The number of halogens is 4. The van der Waals surface area contributed by atoms with Gasteiger partial charge in [-0.05, 0) is 49.8 Å². The maximum absolute atomic E-state index is 13.4. The molecule has 2 aromatic rings. The Hall–Kier alpha value is -2.37. The van der Waals surface area contributed by atoms with Crippen molar-refractivity contribution in [3.05, 3.63) is 35.6 Å². The molecule has 12 heteroatoms. The summed E-state index contributed by atoms with van der Waals surface area (Å²) in [6.07, 6.45) is 0.862. The second-order valence-electron chi connectivity index (χ2n) is 8.85. The van der Waals surface area contributed by atoms with Crippen LogP contribution in [0.3, 0.4) is 0 Å². The number of nitrogens with zero attached hydrogens (tertiary/aromatic N) is 4. The number of alkyl halides is 3. The van der Waals surface area contributed by atoms with Gasteiger partial charge in [0.1, 0.15) is 5.69 Å². The van der Waals surface area contributed by atoms with Crippen molar-refractivity contribution in [3.8, 4) is 5.69 Å². The van der Waals surface area contributed by atoms with Crippen molar-refractivity contribution in [1.29, 1.82) is 0 Å². The number of rotatable bonds is 8. The third-order valence-electron chi connectivity index (χ3n) is 6.50. The standard InChI is InChI=1S/C22H27ClF3N5O3/c1-3-19(33-8-9-34-22(24,25)26)21-12-14(2)10-16(13-21)30(21)20(32)29-15-4-5-17(23)18(11-15)31-27-6-7-28-31/h4-7,11,14,16,19H,3,8-10,12-13H2,1-2H3,(H,29,32)/t14-,16-,19-,21+/m1/s1. The molecule has 1 N–H and O–H groups in total. The lowest BCUT2D eigenvalue weighted by Crippen LogP contribution is -2.76. The van der Waals surface area contributed by atoms with Crippen LogP contribution in [0.25, 0.3) is 5.69 Å². The lowest BCUT2D eigenvalue weighted by Gasteiger charge is -2.65. The van der Waals surface area contributed by atoms with Gasteiger partial charge in [-0.2, -0.15) is 15.0 Å². The van der Waals surface area contributed by atoms with Crippen molar-refractivity contribution >= 4 is 23.3 Å². The Kier molecular flexibility index (Phi) is 7.07. The minimum absolute atomic E-state index is 0.0485. The Bertz CT molecular complexity index is 1010. The number of nitrogens with one attached hydrogen (secondary N) is 1. The first-order valence-corrected chi connectivity index (χ1v) is 11.6. The summed E-state index contributed by atoms with van der Waals surface area (Å²) < 4.78 is 46.6. The van der Waals surface area contributed by atoms with Crippen molar-refractivity contribution in [2.75, 3.05) is 18.5 Å². The van der Waals surface area contributed by atoms with Crippen LogP contribution in [0.15, 0.2) is 30.6 Å². The molecule has 2 aliphatic rings. The third-order valence-corrected chi connectivity index (χ3v) is 6.82. The monoisotopic (exact) mass is 501 g/mol. The molecule has 1 aromatic carbocycles. The number of aromatic nitrogens is 3. The van der Waals surface area contributed by atoms with E-state index in [0.29, 0.717) is 28.7 Å². The van der Waals surface area contributed by atoms with Crippen LogP contribution in [-0.4, -0.2) is 63.2 Å². The normalized spacial score (nSPS) is 25.1. The quantitative estimate of drug-likeness (QED) is 0.513. The number of carbonyl (C=O) groups excluding carboxylic acids is 1. The van der Waals surface area contributed by atoms with Gasteiger partial charge in [-0.3, -0.25) is 4.74 Å². The highest BCUT2D eigenvalue weighted by Crippen LogP contribution is 2.53. The number of piperidine rings is 1. The topological polar surface area (TPSA) is 81.5 Å². The van der Waals surface area contributed by atoms with E-state index in [-0.39, 0.29) is 18.7 Å². The summed E-state index contributed by atoms with van der Waals surface area (Å²) in [6.45, 7) is 3.25. The molecule has 1 aromatic heterocycles. The molecular formula is C22H27ClF3N5O3. The van der Waals surface area contributed by atoms with E-state index in [4.69, 9.17) is 16.3 Å². The van der Waals surface area contributed by atoms with Gasteiger partial charge in [0.25, 0.3) is 0 Å². The highest BCUT2D eigenvalue weighted by atomic mass is 35.5. The summed E-state index contributed by atoms with van der Waals surface area (Å²) in [4.78, 5) is 16.6. The Morgan fingerprint density at radius 3 is 2.71 bits per heavy atom. The van der Waals surface area contributed by atoms with Gasteiger partial charge in [0.05, 0.1) is 42.3 Å². The molecule has 0 unspecified atom stereocenters. The first-order valence-electron chi connectivity index (χ1n) is 11.2. The molecule has 1 aliphatic heterocycles. The van der Waals surface area contributed by atoms with Gasteiger partial charge in [-0.25, -0.2) is 4.79 Å². The maximum atomic E-state index is 13.4. The largest absolute Gasteiger partial charge is 0.522 e. The van der Waals surface area contributed by atoms with E-state index in [0.717, 1.165) is 19.3 Å². The smallest absolute Gasteiger partial charge is 0.373 e. The number of fused-ring (bicyclic) bond motifs is 2. The first-order chi connectivity index (χ1) is 16.1. The molecule has 186 valence electrons. The molecule has 1 aliphatic carbocycles. The van der Waals surface area contributed by atoms with E-state index in [9.17, 15) is 18.0 Å². The molecule has 34 heavy (non-hydrogen) atoms. The fraction of sp³-hybridized carbons (Fsp3) is 0.591. The van der Waals surface area contributed by atoms with E-state index < -0.39 is 24.6 Å². The van der Waals surface area contributed by atoms with E-state index in [1.54, 1.807) is 18.2 Å². The molecule has 2 bridgehead atoms. The highest BCUT2D eigenvalue weighted by Gasteiger charge is 2.61. The maximum Gasteiger partial charge on any atom is 0.522 e. The van der Waals surface area contributed by atoms with Gasteiger partial charge in [-0.15, -0.1) is 13.2 Å². The lowest BCUT2D eigenvalue weighted by molar-refractivity contribution is -0.328. The number of urea groups is 1. The molecule has 1 saturated heterocycles. The molecule has 0 spiro atoms. The zero-order valence-electron chi connectivity index (χ0n) is 18.9. The van der Waals surface area contributed by atoms with E-state index in [1.807, 2.05) is 11.8 Å². The Morgan fingerprint density at radius 2 is 2.03 bits per heavy atom. The Balaban J connectivity index is 1.49. The van der Waals surface area contributed by atoms with E-state index in [2.05, 4.69) is 27.2 Å². The SMILES string of the molecule is CC[C@@H](OCCOC(F)(F)F)[C@]12C[C@H](C)C[C@H](C1)N2C(=O)Nc1ccc(Cl)c(-n2nccn2)c1. The molecule has 4 atom stereocenters. The second-order valence-corrected chi connectivity index (χ2v) is 9.26. The van der Waals surface area contributed by atoms with Gasteiger partial charge < -0.3 is 15.0 Å². The highest BCUT2D eigenvalue weighted by molar-refractivity contribution is 6.32. The summed E-state index contributed by atoms with van der Waals surface area (Å²) in [5.74, 6) is 0.375. The molecule has 2 fully saturated rings. The average molecular weight is 502 g/mol. The van der Waals surface area contributed by atoms with E-state index in [1.165, 1.54) is 17.2 Å². The average Bonchev–Trinajstić information content (AvgIpc) is 3.28. The molecule has 1 saturated carbocycles. The number of amides is 2. The van der Waals surface area contributed by atoms with Crippen molar-refractivity contribution in [1.82, 2.24) is 19.9 Å². The number of ether oxygens (including phenoxy) is 2. The van der Waals surface area contributed by atoms with Crippen LogP contribution in [0.5, 0.6) is 0 Å². The summed E-state index contributed by atoms with van der Waals surface area (Å²) in [5.41, 5.74) is 0.483. The first kappa shape index (κ1) is 24.7. The minimum Gasteiger partial charge on any atom is -0.373 e. The molecule has 0 radical (unpaired) electrons. The number of carbonyl (C=O) groups is 1. The number of likely N-dealkylation sites (tertiary alicyclic amines) is 1. The molecule has 8 nitrogen and oxygen atoms in total. The van der Waals surface area contributed by atoms with Crippen LogP contribution in [0, 0.1) is 5.92 Å². The predicted molar refractivity (Wildman–Crippen MR) is 119 cm³/mol. The van der Waals surface area contributed by atoms with Gasteiger partial charge in [-0.1, -0.05) is 25.4 Å². The zero-order valence-corrected chi connectivity index (χ0v) is 19.6. The van der Waals surface area contributed by atoms with E-state index >= 15 is 0 Å². The van der Waals surface area contributed by atoms with Crippen LogP contribution in [-0.2, 0) is 9.47 Å². The molecule has 2 amide bonds. The second kappa shape index (κ2) is 9.71. The summed E-state index contributed by atoms with van der Waals surface area (Å²) in [7, 11) is 0. The Labute approximate surface area is 200 Å². The molecule has 2 heterocycles. The third kappa shape index (κ3) is 5.01.